The van der Waals surface area contributed by atoms with Crippen LogP contribution in [0, 0.1) is 0 Å². The molecule has 0 heterocycles. The van der Waals surface area contributed by atoms with Gasteiger partial charge in [-0.25, -0.2) is 0 Å². The molecule has 2 nitrogen and oxygen atoms in total. The van der Waals surface area contributed by atoms with Gasteiger partial charge in [0.05, 0.1) is 18.0 Å². The lowest BCUT2D eigenvalue weighted by molar-refractivity contribution is 0.999. The number of nitrogens with zero attached hydrogens (tertiary/aromatic N) is 2. The highest BCUT2D eigenvalue weighted by Gasteiger charge is 2.14. The molecule has 4 rings (SSSR count). The van der Waals surface area contributed by atoms with Crippen LogP contribution in [-0.2, 0) is 0 Å². The van der Waals surface area contributed by atoms with E-state index in [-0.39, 0.29) is 0 Å². The van der Waals surface area contributed by atoms with Crippen LogP contribution in [0.4, 0.5) is 0 Å². The van der Waals surface area contributed by atoms with Gasteiger partial charge >= 0.3 is 0 Å². The fourth-order valence-corrected chi connectivity index (χ4v) is 4.34. The summed E-state index contributed by atoms with van der Waals surface area (Å²) in [7, 11) is 0. The molecule has 1 aliphatic carbocycles. The third kappa shape index (κ3) is 6.77. The predicted molar refractivity (Wildman–Crippen MR) is 152 cm³/mol. The number of halogens is 1. The Hall–Kier alpha value is -3.49. The van der Waals surface area contributed by atoms with Crippen molar-refractivity contribution in [2.24, 2.45) is 9.98 Å². The topological polar surface area (TPSA) is 24.7 Å². The zero-order valence-electron chi connectivity index (χ0n) is 20.4. The first-order valence-corrected chi connectivity index (χ1v) is 12.6. The smallest absolute Gasteiger partial charge is 0.0818 e. The van der Waals surface area contributed by atoms with Crippen molar-refractivity contribution in [2.45, 2.75) is 33.1 Å². The molecule has 176 valence electrons. The van der Waals surface area contributed by atoms with Crippen LogP contribution in [0.3, 0.4) is 0 Å². The Labute approximate surface area is 214 Å². The quantitative estimate of drug-likeness (QED) is 0.289. The van der Waals surface area contributed by atoms with E-state index in [1.165, 1.54) is 11.1 Å². The number of aliphatic imine (C=N–C) groups is 2. The van der Waals surface area contributed by atoms with E-state index in [0.717, 1.165) is 58.1 Å². The summed E-state index contributed by atoms with van der Waals surface area (Å²) in [6, 6.07) is 28.8. The minimum absolute atomic E-state index is 0.531. The van der Waals surface area contributed by atoms with Crippen LogP contribution in [0.1, 0.15) is 49.8 Å². The van der Waals surface area contributed by atoms with Gasteiger partial charge in [-0.1, -0.05) is 103 Å². The van der Waals surface area contributed by atoms with Crippen molar-refractivity contribution in [3.63, 3.8) is 0 Å². The van der Waals surface area contributed by atoms with Crippen molar-refractivity contribution in [3.05, 3.63) is 130 Å². The van der Waals surface area contributed by atoms with Crippen molar-refractivity contribution in [1.29, 1.82) is 0 Å². The van der Waals surface area contributed by atoms with Gasteiger partial charge in [-0.3, -0.25) is 9.98 Å². The van der Waals surface area contributed by atoms with Crippen LogP contribution in [0.15, 0.2) is 119 Å². The van der Waals surface area contributed by atoms with Gasteiger partial charge in [-0.05, 0) is 72.2 Å². The average molecular weight is 479 g/mol. The number of benzene rings is 3. The molecular formula is C32H31ClN2. The van der Waals surface area contributed by atoms with E-state index >= 15 is 0 Å². The Morgan fingerprint density at radius 3 is 2.31 bits per heavy atom. The molecule has 0 aromatic heterocycles. The predicted octanol–water partition coefficient (Wildman–Crippen LogP) is 8.84. The number of hydrogen-bond acceptors (Lipinski definition) is 2. The molecule has 0 unspecified atom stereocenters. The van der Waals surface area contributed by atoms with Gasteiger partial charge in [0.15, 0.2) is 0 Å². The van der Waals surface area contributed by atoms with Crippen LogP contribution < -0.4 is 0 Å². The number of hydrogen-bond donors (Lipinski definition) is 0. The van der Waals surface area contributed by atoms with Gasteiger partial charge in [0.25, 0.3) is 0 Å². The molecule has 0 fully saturated rings. The maximum atomic E-state index is 6.28. The highest BCUT2D eigenvalue weighted by atomic mass is 35.5. The monoisotopic (exact) mass is 478 g/mol. The number of rotatable bonds is 8. The van der Waals surface area contributed by atoms with Gasteiger partial charge < -0.3 is 0 Å². The van der Waals surface area contributed by atoms with Gasteiger partial charge in [0.2, 0.25) is 0 Å². The van der Waals surface area contributed by atoms with Crippen molar-refractivity contribution < 1.29 is 0 Å². The van der Waals surface area contributed by atoms with E-state index in [0.29, 0.717) is 6.54 Å². The van der Waals surface area contributed by atoms with Crippen LogP contribution in [0.5, 0.6) is 0 Å². The first-order chi connectivity index (χ1) is 17.1. The van der Waals surface area contributed by atoms with Crippen LogP contribution in [0.25, 0.3) is 11.3 Å². The van der Waals surface area contributed by atoms with E-state index in [1.54, 1.807) is 0 Å². The summed E-state index contributed by atoms with van der Waals surface area (Å²) in [5.41, 5.74) is 8.82. The Bertz CT molecular complexity index is 1300. The van der Waals surface area contributed by atoms with Crippen molar-refractivity contribution in [1.82, 2.24) is 0 Å². The Morgan fingerprint density at radius 2 is 1.63 bits per heavy atom. The SMILES string of the molecule is CC/C=C(\N=C(CN=C(C)c1ccccc1)C1=CC(c2cccc(Cl)c2)=CCC1)c1ccccc1. The molecular weight excluding hydrogens is 448 g/mol. The van der Waals surface area contributed by atoms with Gasteiger partial charge in [0.1, 0.15) is 0 Å². The molecule has 0 bridgehead atoms. The van der Waals surface area contributed by atoms with Crippen molar-refractivity contribution >= 4 is 34.3 Å². The molecule has 0 spiro atoms. The second-order valence-electron chi connectivity index (χ2n) is 8.57. The zero-order valence-corrected chi connectivity index (χ0v) is 21.2. The summed E-state index contributed by atoms with van der Waals surface area (Å²) in [6.07, 6.45) is 9.56. The van der Waals surface area contributed by atoms with Gasteiger partial charge in [-0.2, -0.15) is 0 Å². The molecule has 3 aromatic rings. The second kappa shape index (κ2) is 12.3. The molecule has 0 radical (unpaired) electrons. The standard InChI is InChI=1S/C32H31ClN2/c1-3-12-31(26-15-8-5-9-16-26)35-32(23-34-24(2)25-13-6-4-7-14-25)29-19-10-17-27(21-29)28-18-11-20-30(33)22-28/h4-9,11-18,20-22H,3,10,19,23H2,1-2H3/b31-12-,34-24?,35-32?. The Kier molecular flexibility index (Phi) is 8.64. The Balaban J connectivity index is 1.74. The summed E-state index contributed by atoms with van der Waals surface area (Å²) in [5, 5.41) is 0.748. The van der Waals surface area contributed by atoms with Crippen LogP contribution in [-0.4, -0.2) is 18.0 Å². The maximum Gasteiger partial charge on any atom is 0.0818 e. The largest absolute Gasteiger partial charge is 0.283 e. The van der Waals surface area contributed by atoms with E-state index in [9.17, 15) is 0 Å². The molecule has 3 aromatic carbocycles. The van der Waals surface area contributed by atoms with Crippen LogP contribution in [0.2, 0.25) is 5.02 Å². The van der Waals surface area contributed by atoms with Gasteiger partial charge in [-0.15, -0.1) is 0 Å². The summed E-state index contributed by atoms with van der Waals surface area (Å²) in [5.74, 6) is 0. The fraction of sp³-hybridized carbons (Fsp3) is 0.188. The molecule has 0 aliphatic heterocycles. The summed E-state index contributed by atoms with van der Waals surface area (Å²) >= 11 is 6.28. The highest BCUT2D eigenvalue weighted by molar-refractivity contribution is 6.30. The zero-order chi connectivity index (χ0) is 24.5. The summed E-state index contributed by atoms with van der Waals surface area (Å²) < 4.78 is 0. The van der Waals surface area contributed by atoms with E-state index < -0.39 is 0 Å². The molecule has 0 saturated carbocycles. The molecule has 3 heteroatoms. The third-order valence-electron chi connectivity index (χ3n) is 6.02. The van der Waals surface area contributed by atoms with Crippen LogP contribution >= 0.6 is 11.6 Å². The minimum atomic E-state index is 0.531. The summed E-state index contributed by atoms with van der Waals surface area (Å²) in [4.78, 5) is 10.2. The molecule has 0 N–H and O–H groups in total. The Morgan fingerprint density at radius 1 is 0.914 bits per heavy atom. The van der Waals surface area contributed by atoms with E-state index in [1.807, 2.05) is 42.5 Å². The first-order valence-electron chi connectivity index (χ1n) is 12.2. The first kappa shape index (κ1) is 24.6. The molecule has 0 atom stereocenters. The third-order valence-corrected chi connectivity index (χ3v) is 6.25. The average Bonchev–Trinajstić information content (AvgIpc) is 2.91. The fourth-order valence-electron chi connectivity index (χ4n) is 4.15. The minimum Gasteiger partial charge on any atom is -0.283 e. The lowest BCUT2D eigenvalue weighted by atomic mass is 9.92. The molecule has 35 heavy (non-hydrogen) atoms. The van der Waals surface area contributed by atoms with Crippen molar-refractivity contribution in [3.8, 4) is 0 Å². The molecule has 0 amide bonds. The normalized spacial score (nSPS) is 15.0. The lowest BCUT2D eigenvalue weighted by Crippen LogP contribution is -2.12. The van der Waals surface area contributed by atoms with E-state index in [2.05, 4.69) is 74.5 Å². The summed E-state index contributed by atoms with van der Waals surface area (Å²) in [6.45, 7) is 4.75. The number of allylic oxidation sites excluding steroid dienone is 4. The second-order valence-corrected chi connectivity index (χ2v) is 9.00. The van der Waals surface area contributed by atoms with Crippen molar-refractivity contribution in [2.75, 3.05) is 6.54 Å². The molecule has 0 saturated heterocycles. The highest BCUT2D eigenvalue weighted by Crippen LogP contribution is 2.29. The lowest BCUT2D eigenvalue weighted by Gasteiger charge is -2.17. The van der Waals surface area contributed by atoms with Gasteiger partial charge in [0, 0.05) is 10.7 Å². The maximum absolute atomic E-state index is 6.28. The van der Waals surface area contributed by atoms with E-state index in [4.69, 9.17) is 21.6 Å². The molecule has 1 aliphatic rings.